The summed E-state index contributed by atoms with van der Waals surface area (Å²) < 4.78 is 12.7. The highest BCUT2D eigenvalue weighted by Crippen LogP contribution is 2.61. The van der Waals surface area contributed by atoms with Crippen molar-refractivity contribution in [2.24, 2.45) is 16.7 Å². The van der Waals surface area contributed by atoms with Crippen molar-refractivity contribution >= 4 is 8.32 Å². The Labute approximate surface area is 138 Å². The summed E-state index contributed by atoms with van der Waals surface area (Å²) >= 11 is 0. The molecule has 0 N–H and O–H groups in total. The van der Waals surface area contributed by atoms with E-state index in [2.05, 4.69) is 60.7 Å². The molecule has 22 heavy (non-hydrogen) atoms. The van der Waals surface area contributed by atoms with Gasteiger partial charge in [0.2, 0.25) is 0 Å². The maximum absolute atomic E-state index is 6.88. The standard InChI is InChI=1S/C19H36O2Si/c1-17(2,3)22(8,9)21-14-11-10-12-19(6)13-15(20-7)16(14)18(19,4)5/h13-14,16H,10-12H2,1-9H3/t14-,16-,19+/m1/s1. The van der Waals surface area contributed by atoms with E-state index in [-0.39, 0.29) is 15.9 Å². The maximum Gasteiger partial charge on any atom is 0.192 e. The molecular weight excluding hydrogens is 288 g/mol. The second kappa shape index (κ2) is 5.37. The molecule has 1 saturated carbocycles. The second-order valence-corrected chi connectivity index (χ2v) is 14.4. The molecular formula is C19H36O2Si. The SMILES string of the molecule is COC1=C[C@]2(C)CCC[C@@H](O[Si](C)(C)C(C)(C)C)[C@H]1C2(C)C. The van der Waals surface area contributed by atoms with Gasteiger partial charge in [0, 0.05) is 5.92 Å². The monoisotopic (exact) mass is 324 g/mol. The van der Waals surface area contributed by atoms with Crippen molar-refractivity contribution in [2.45, 2.75) is 85.0 Å². The Bertz CT molecular complexity index is 459. The van der Waals surface area contributed by atoms with Crippen LogP contribution in [0.5, 0.6) is 0 Å². The quantitative estimate of drug-likeness (QED) is 0.615. The summed E-state index contributed by atoms with van der Waals surface area (Å²) in [6.07, 6.45) is 6.35. The molecule has 3 heteroatoms. The van der Waals surface area contributed by atoms with Crippen molar-refractivity contribution in [3.63, 3.8) is 0 Å². The smallest absolute Gasteiger partial charge is 0.192 e. The van der Waals surface area contributed by atoms with Crippen LogP contribution < -0.4 is 0 Å². The van der Waals surface area contributed by atoms with E-state index in [1.165, 1.54) is 12.8 Å². The lowest BCUT2D eigenvalue weighted by molar-refractivity contribution is 0.0167. The predicted octanol–water partition coefficient (Wildman–Crippen LogP) is 5.75. The van der Waals surface area contributed by atoms with Gasteiger partial charge in [0.05, 0.1) is 19.0 Å². The number of allylic oxidation sites excluding steroid dienone is 1. The van der Waals surface area contributed by atoms with E-state index in [1.807, 2.05) is 7.11 Å². The van der Waals surface area contributed by atoms with Crippen molar-refractivity contribution in [1.29, 1.82) is 0 Å². The molecule has 0 radical (unpaired) electrons. The molecule has 0 heterocycles. The zero-order valence-electron chi connectivity index (χ0n) is 16.2. The van der Waals surface area contributed by atoms with Gasteiger partial charge in [-0.05, 0) is 47.9 Å². The minimum Gasteiger partial charge on any atom is -0.501 e. The van der Waals surface area contributed by atoms with Gasteiger partial charge in [-0.1, -0.05) is 48.0 Å². The Morgan fingerprint density at radius 1 is 1.18 bits per heavy atom. The molecule has 2 bridgehead atoms. The van der Waals surface area contributed by atoms with E-state index >= 15 is 0 Å². The molecule has 2 nitrogen and oxygen atoms in total. The normalized spacial score (nSPS) is 35.0. The molecule has 0 spiro atoms. The van der Waals surface area contributed by atoms with E-state index in [4.69, 9.17) is 9.16 Å². The molecule has 2 rings (SSSR count). The molecule has 128 valence electrons. The Morgan fingerprint density at radius 3 is 2.27 bits per heavy atom. The minimum atomic E-state index is -1.77. The lowest BCUT2D eigenvalue weighted by Crippen LogP contribution is -2.48. The van der Waals surface area contributed by atoms with Crippen LogP contribution in [-0.4, -0.2) is 21.5 Å². The van der Waals surface area contributed by atoms with E-state index in [9.17, 15) is 0 Å². The topological polar surface area (TPSA) is 18.5 Å². The van der Waals surface area contributed by atoms with Crippen LogP contribution in [0.2, 0.25) is 18.1 Å². The fraction of sp³-hybridized carbons (Fsp3) is 0.895. The van der Waals surface area contributed by atoms with Crippen LogP contribution in [0.1, 0.15) is 60.8 Å². The van der Waals surface area contributed by atoms with Gasteiger partial charge < -0.3 is 9.16 Å². The van der Waals surface area contributed by atoms with Gasteiger partial charge in [-0.3, -0.25) is 0 Å². The molecule has 2 aliphatic carbocycles. The van der Waals surface area contributed by atoms with Crippen LogP contribution >= 0.6 is 0 Å². The summed E-state index contributed by atoms with van der Waals surface area (Å²) in [5.74, 6) is 1.55. The van der Waals surface area contributed by atoms with Crippen molar-refractivity contribution in [1.82, 2.24) is 0 Å². The highest BCUT2D eigenvalue weighted by molar-refractivity contribution is 6.74. The zero-order chi connectivity index (χ0) is 17.0. The first-order chi connectivity index (χ1) is 9.86. The first-order valence-corrected chi connectivity index (χ1v) is 11.7. The van der Waals surface area contributed by atoms with E-state index in [1.54, 1.807) is 0 Å². The molecule has 2 aliphatic rings. The van der Waals surface area contributed by atoms with Crippen LogP contribution in [0.25, 0.3) is 0 Å². The Morgan fingerprint density at radius 2 is 1.77 bits per heavy atom. The lowest BCUT2D eigenvalue weighted by atomic mass is 9.63. The zero-order valence-corrected chi connectivity index (χ0v) is 17.2. The van der Waals surface area contributed by atoms with Crippen LogP contribution in [0.15, 0.2) is 11.8 Å². The van der Waals surface area contributed by atoms with E-state index < -0.39 is 8.32 Å². The molecule has 0 unspecified atom stereocenters. The third-order valence-electron chi connectivity index (χ3n) is 7.06. The summed E-state index contributed by atoms with van der Waals surface area (Å²) in [5, 5.41) is 0.252. The second-order valence-electron chi connectivity index (χ2n) is 9.68. The molecule has 0 aromatic rings. The molecule has 0 aliphatic heterocycles. The highest BCUT2D eigenvalue weighted by Gasteiger charge is 2.57. The Kier molecular flexibility index (Phi) is 4.41. The molecule has 1 fully saturated rings. The molecule has 0 amide bonds. The predicted molar refractivity (Wildman–Crippen MR) is 96.4 cm³/mol. The highest BCUT2D eigenvalue weighted by atomic mass is 28.4. The fourth-order valence-electron chi connectivity index (χ4n) is 4.05. The molecule has 0 saturated heterocycles. The van der Waals surface area contributed by atoms with E-state index in [0.29, 0.717) is 12.0 Å². The molecule has 0 aromatic carbocycles. The summed E-state index contributed by atoms with van der Waals surface area (Å²) in [6, 6.07) is 0. The minimum absolute atomic E-state index is 0.196. The Hall–Kier alpha value is -0.283. The van der Waals surface area contributed by atoms with Gasteiger partial charge in [-0.2, -0.15) is 0 Å². The summed E-state index contributed by atoms with van der Waals surface area (Å²) in [5.41, 5.74) is 0.427. The van der Waals surface area contributed by atoms with Crippen LogP contribution in [0.4, 0.5) is 0 Å². The number of hydrogen-bond donors (Lipinski definition) is 0. The molecule has 3 atom stereocenters. The van der Waals surface area contributed by atoms with Gasteiger partial charge >= 0.3 is 0 Å². The lowest BCUT2D eigenvalue weighted by Gasteiger charge is -2.45. The van der Waals surface area contributed by atoms with Crippen LogP contribution in [0.3, 0.4) is 0 Å². The first kappa shape index (κ1) is 18.1. The number of fused-ring (bicyclic) bond motifs is 2. The van der Waals surface area contributed by atoms with Crippen LogP contribution in [0, 0.1) is 16.7 Å². The van der Waals surface area contributed by atoms with Gasteiger partial charge in [-0.25, -0.2) is 0 Å². The van der Waals surface area contributed by atoms with Crippen molar-refractivity contribution < 1.29 is 9.16 Å². The third-order valence-corrected chi connectivity index (χ3v) is 11.6. The fourth-order valence-corrected chi connectivity index (χ4v) is 5.41. The van der Waals surface area contributed by atoms with Crippen LogP contribution in [-0.2, 0) is 9.16 Å². The summed E-state index contributed by atoms with van der Waals surface area (Å²) in [4.78, 5) is 0. The van der Waals surface area contributed by atoms with Gasteiger partial charge in [0.25, 0.3) is 0 Å². The van der Waals surface area contributed by atoms with Gasteiger partial charge in [0.15, 0.2) is 8.32 Å². The van der Waals surface area contributed by atoms with Gasteiger partial charge in [-0.15, -0.1) is 0 Å². The van der Waals surface area contributed by atoms with E-state index in [0.717, 1.165) is 12.2 Å². The number of ether oxygens (including phenoxy) is 1. The molecule has 0 aromatic heterocycles. The summed E-state index contributed by atoms with van der Waals surface area (Å²) in [7, 11) is 0.0588. The third kappa shape index (κ3) is 2.69. The first-order valence-electron chi connectivity index (χ1n) is 8.80. The number of rotatable bonds is 3. The van der Waals surface area contributed by atoms with Crippen molar-refractivity contribution in [3.05, 3.63) is 11.8 Å². The Balaban J connectivity index is 2.36. The number of hydrogen-bond acceptors (Lipinski definition) is 2. The largest absolute Gasteiger partial charge is 0.501 e. The van der Waals surface area contributed by atoms with Gasteiger partial charge in [0.1, 0.15) is 0 Å². The average molecular weight is 325 g/mol. The average Bonchev–Trinajstić information content (AvgIpc) is 2.47. The van der Waals surface area contributed by atoms with Crippen molar-refractivity contribution in [2.75, 3.05) is 7.11 Å². The van der Waals surface area contributed by atoms with Crippen molar-refractivity contribution in [3.8, 4) is 0 Å². The number of methoxy groups -OCH3 is 1. The maximum atomic E-state index is 6.88. The summed E-state index contributed by atoms with van der Waals surface area (Å²) in [6.45, 7) is 18.9.